The number of anilines is 1. The molecule has 1 aliphatic rings. The van der Waals surface area contributed by atoms with Gasteiger partial charge in [0.2, 0.25) is 5.91 Å². The van der Waals surface area contributed by atoms with Crippen molar-refractivity contribution in [3.8, 4) is 11.8 Å². The SMILES string of the molecule is C=CCn1c(COc2cc(C)cc(C)c2)nnc1SCC(=O)Nc1sc2c(c1C#N)CCC(C)C2. The summed E-state index contributed by atoms with van der Waals surface area (Å²) in [5.74, 6) is 2.05. The quantitative estimate of drug-likeness (QED) is 0.306. The Morgan fingerprint density at radius 1 is 1.37 bits per heavy atom. The summed E-state index contributed by atoms with van der Waals surface area (Å²) >= 11 is 2.84. The molecular weight excluding hydrogens is 478 g/mol. The van der Waals surface area contributed by atoms with Gasteiger partial charge in [0.05, 0.1) is 11.3 Å². The van der Waals surface area contributed by atoms with Crippen LogP contribution in [0, 0.1) is 31.1 Å². The predicted molar refractivity (Wildman–Crippen MR) is 140 cm³/mol. The van der Waals surface area contributed by atoms with E-state index in [1.807, 2.05) is 30.5 Å². The molecule has 0 saturated carbocycles. The van der Waals surface area contributed by atoms with E-state index in [0.717, 1.165) is 41.7 Å². The molecule has 4 rings (SSSR count). The summed E-state index contributed by atoms with van der Waals surface area (Å²) < 4.78 is 7.86. The van der Waals surface area contributed by atoms with Gasteiger partial charge in [-0.3, -0.25) is 9.36 Å². The smallest absolute Gasteiger partial charge is 0.235 e. The number of nitrogens with one attached hydrogen (secondary N) is 1. The van der Waals surface area contributed by atoms with Crippen molar-refractivity contribution in [3.05, 3.63) is 63.8 Å². The third kappa shape index (κ3) is 5.95. The molecule has 1 aliphatic carbocycles. The van der Waals surface area contributed by atoms with Crippen molar-refractivity contribution in [1.82, 2.24) is 14.8 Å². The van der Waals surface area contributed by atoms with Gasteiger partial charge in [-0.1, -0.05) is 30.8 Å². The summed E-state index contributed by atoms with van der Waals surface area (Å²) in [5.41, 5.74) is 4.00. The standard InChI is InChI=1S/C26H29N5O2S2/c1-5-8-31-23(14-33-19-10-17(3)9-18(4)11-19)29-30-26(31)34-15-24(32)28-25-21(13-27)20-7-6-16(2)12-22(20)35-25/h5,9-11,16H,1,6-8,12,14-15H2,2-4H3,(H,28,32). The molecular formula is C26H29N5O2S2. The molecule has 1 amide bonds. The first-order valence-corrected chi connectivity index (χ1v) is 13.4. The molecule has 7 nitrogen and oxygen atoms in total. The van der Waals surface area contributed by atoms with E-state index in [4.69, 9.17) is 4.74 Å². The lowest BCUT2D eigenvalue weighted by Gasteiger charge is -2.17. The van der Waals surface area contributed by atoms with Gasteiger partial charge in [-0.05, 0) is 67.9 Å². The van der Waals surface area contributed by atoms with Crippen LogP contribution in [0.1, 0.15) is 46.3 Å². The van der Waals surface area contributed by atoms with Crippen molar-refractivity contribution >= 4 is 34.0 Å². The Labute approximate surface area is 214 Å². The van der Waals surface area contributed by atoms with Gasteiger partial charge in [0.25, 0.3) is 0 Å². The van der Waals surface area contributed by atoms with Gasteiger partial charge >= 0.3 is 0 Å². The molecule has 182 valence electrons. The first-order chi connectivity index (χ1) is 16.9. The molecule has 1 unspecified atom stereocenters. The first kappa shape index (κ1) is 25.0. The van der Waals surface area contributed by atoms with Crippen molar-refractivity contribution in [3.63, 3.8) is 0 Å². The number of carbonyl (C=O) groups is 1. The minimum Gasteiger partial charge on any atom is -0.486 e. The zero-order chi connectivity index (χ0) is 24.9. The van der Waals surface area contributed by atoms with Gasteiger partial charge in [0, 0.05) is 11.4 Å². The fraction of sp³-hybridized carbons (Fsp3) is 0.385. The van der Waals surface area contributed by atoms with Crippen LogP contribution in [0.25, 0.3) is 0 Å². The molecule has 9 heteroatoms. The van der Waals surface area contributed by atoms with E-state index in [2.05, 4.69) is 41.2 Å². The summed E-state index contributed by atoms with van der Waals surface area (Å²) in [5, 5.41) is 22.5. The minimum absolute atomic E-state index is 0.164. The molecule has 0 fully saturated rings. The monoisotopic (exact) mass is 507 g/mol. The van der Waals surface area contributed by atoms with Crippen molar-refractivity contribution in [2.45, 2.75) is 58.3 Å². The number of amides is 1. The van der Waals surface area contributed by atoms with Crippen LogP contribution in [0.4, 0.5) is 5.00 Å². The zero-order valence-corrected chi connectivity index (χ0v) is 21.9. The van der Waals surface area contributed by atoms with Crippen LogP contribution in [0.5, 0.6) is 5.75 Å². The number of nitriles is 1. The number of benzene rings is 1. The Morgan fingerprint density at radius 2 is 2.14 bits per heavy atom. The Morgan fingerprint density at radius 3 is 2.86 bits per heavy atom. The number of hydrogen-bond acceptors (Lipinski definition) is 7. The number of carbonyl (C=O) groups excluding carboxylic acids is 1. The highest BCUT2D eigenvalue weighted by Gasteiger charge is 2.25. The average molecular weight is 508 g/mol. The number of ether oxygens (including phenoxy) is 1. The highest BCUT2D eigenvalue weighted by Crippen LogP contribution is 2.39. The number of rotatable bonds is 9. The zero-order valence-electron chi connectivity index (χ0n) is 20.3. The number of fused-ring (bicyclic) bond motifs is 1. The normalized spacial score (nSPS) is 14.7. The third-order valence-corrected chi connectivity index (χ3v) is 8.01. The number of hydrogen-bond donors (Lipinski definition) is 1. The van der Waals surface area contributed by atoms with Crippen LogP contribution in [0.15, 0.2) is 36.0 Å². The van der Waals surface area contributed by atoms with Crippen molar-refractivity contribution in [1.29, 1.82) is 5.26 Å². The van der Waals surface area contributed by atoms with E-state index in [-0.39, 0.29) is 18.3 Å². The van der Waals surface area contributed by atoms with Gasteiger partial charge in [-0.15, -0.1) is 28.1 Å². The summed E-state index contributed by atoms with van der Waals surface area (Å²) in [7, 11) is 0. The lowest BCUT2D eigenvalue weighted by Crippen LogP contribution is -2.15. The van der Waals surface area contributed by atoms with E-state index < -0.39 is 0 Å². The van der Waals surface area contributed by atoms with E-state index in [1.165, 1.54) is 28.0 Å². The van der Waals surface area contributed by atoms with Gasteiger partial charge < -0.3 is 10.1 Å². The fourth-order valence-electron chi connectivity index (χ4n) is 4.26. The summed E-state index contributed by atoms with van der Waals surface area (Å²) in [4.78, 5) is 14.0. The molecule has 1 atom stereocenters. The number of allylic oxidation sites excluding steroid dienone is 1. The summed E-state index contributed by atoms with van der Waals surface area (Å²) in [6.45, 7) is 10.9. The minimum atomic E-state index is -0.167. The van der Waals surface area contributed by atoms with E-state index in [0.29, 0.717) is 34.0 Å². The molecule has 0 radical (unpaired) electrons. The van der Waals surface area contributed by atoms with Crippen LogP contribution >= 0.6 is 23.1 Å². The highest BCUT2D eigenvalue weighted by molar-refractivity contribution is 7.99. The Bertz CT molecular complexity index is 1270. The molecule has 2 aromatic heterocycles. The molecule has 1 aromatic carbocycles. The topological polar surface area (TPSA) is 92.8 Å². The van der Waals surface area contributed by atoms with Gasteiger partial charge in [-0.25, -0.2) is 0 Å². The number of aromatic nitrogens is 3. The second kappa shape index (κ2) is 11.1. The highest BCUT2D eigenvalue weighted by atomic mass is 32.2. The second-order valence-electron chi connectivity index (χ2n) is 8.91. The average Bonchev–Trinajstić information content (AvgIpc) is 3.35. The number of thiophene rings is 1. The molecule has 3 aromatic rings. The first-order valence-electron chi connectivity index (χ1n) is 11.6. The Kier molecular flexibility index (Phi) is 7.93. The number of thioether (sulfide) groups is 1. The molecule has 35 heavy (non-hydrogen) atoms. The summed E-state index contributed by atoms with van der Waals surface area (Å²) in [6.07, 6.45) is 4.72. The van der Waals surface area contributed by atoms with Gasteiger partial charge in [0.1, 0.15) is 23.4 Å². The van der Waals surface area contributed by atoms with Crippen LogP contribution in [0.2, 0.25) is 0 Å². The molecule has 1 N–H and O–H groups in total. The predicted octanol–water partition coefficient (Wildman–Crippen LogP) is 5.45. The van der Waals surface area contributed by atoms with E-state index in [9.17, 15) is 10.1 Å². The van der Waals surface area contributed by atoms with E-state index >= 15 is 0 Å². The molecule has 0 aliphatic heterocycles. The maximum absolute atomic E-state index is 12.7. The number of aryl methyl sites for hydroxylation is 2. The molecule has 0 bridgehead atoms. The summed E-state index contributed by atoms with van der Waals surface area (Å²) in [6, 6.07) is 8.37. The maximum Gasteiger partial charge on any atom is 0.235 e. The Balaban J connectivity index is 1.40. The molecule has 0 saturated heterocycles. The maximum atomic E-state index is 12.7. The van der Waals surface area contributed by atoms with Crippen LogP contribution in [-0.2, 0) is 30.8 Å². The Hall–Kier alpha value is -3.09. The van der Waals surface area contributed by atoms with Crippen molar-refractivity contribution in [2.75, 3.05) is 11.1 Å². The lowest BCUT2D eigenvalue weighted by molar-refractivity contribution is -0.113. The fourth-order valence-corrected chi connectivity index (χ4v) is 6.40. The van der Waals surface area contributed by atoms with Crippen LogP contribution in [0.3, 0.4) is 0 Å². The number of nitrogens with zero attached hydrogens (tertiary/aromatic N) is 4. The lowest BCUT2D eigenvalue weighted by atomic mass is 9.89. The largest absolute Gasteiger partial charge is 0.486 e. The molecule has 0 spiro atoms. The van der Waals surface area contributed by atoms with Crippen molar-refractivity contribution < 1.29 is 9.53 Å². The third-order valence-electron chi connectivity index (χ3n) is 5.88. The molecule has 2 heterocycles. The van der Waals surface area contributed by atoms with Gasteiger partial charge in [0.15, 0.2) is 11.0 Å². The van der Waals surface area contributed by atoms with Crippen molar-refractivity contribution in [2.24, 2.45) is 5.92 Å². The van der Waals surface area contributed by atoms with Crippen LogP contribution < -0.4 is 10.1 Å². The van der Waals surface area contributed by atoms with Gasteiger partial charge in [-0.2, -0.15) is 5.26 Å². The van der Waals surface area contributed by atoms with E-state index in [1.54, 1.807) is 6.08 Å². The second-order valence-corrected chi connectivity index (χ2v) is 11.0. The van der Waals surface area contributed by atoms with Crippen LogP contribution in [-0.4, -0.2) is 26.4 Å².